The first-order valence-electron chi connectivity index (χ1n) is 6.54. The Morgan fingerprint density at radius 2 is 1.82 bits per heavy atom. The molecule has 1 aromatic carbocycles. The Labute approximate surface area is 106 Å². The van der Waals surface area contributed by atoms with Gasteiger partial charge in [0.15, 0.2) is 0 Å². The van der Waals surface area contributed by atoms with Crippen molar-refractivity contribution in [1.29, 1.82) is 0 Å². The van der Waals surface area contributed by atoms with Gasteiger partial charge in [-0.2, -0.15) is 0 Å². The number of rotatable bonds is 7. The van der Waals surface area contributed by atoms with Gasteiger partial charge in [0.25, 0.3) is 0 Å². The summed E-state index contributed by atoms with van der Waals surface area (Å²) in [6, 6.07) is 10.6. The fourth-order valence-electron chi connectivity index (χ4n) is 2.31. The van der Waals surface area contributed by atoms with Crippen LogP contribution in [0.15, 0.2) is 30.3 Å². The van der Waals surface area contributed by atoms with Crippen LogP contribution in [0.1, 0.15) is 25.8 Å². The zero-order valence-corrected chi connectivity index (χ0v) is 11.4. The van der Waals surface area contributed by atoms with Crippen LogP contribution in [0.3, 0.4) is 0 Å². The molecule has 2 N–H and O–H groups in total. The fraction of sp³-hybridized carbons (Fsp3) is 0.600. The summed E-state index contributed by atoms with van der Waals surface area (Å²) in [5, 5.41) is 0. The van der Waals surface area contributed by atoms with E-state index in [1.165, 1.54) is 12.0 Å². The van der Waals surface area contributed by atoms with Crippen molar-refractivity contribution in [3.05, 3.63) is 35.9 Å². The predicted octanol–water partition coefficient (Wildman–Crippen LogP) is 2.74. The lowest BCUT2D eigenvalue weighted by Crippen LogP contribution is -2.30. The first kappa shape index (κ1) is 14.2. The summed E-state index contributed by atoms with van der Waals surface area (Å²) in [5.41, 5.74) is 7.21. The van der Waals surface area contributed by atoms with Crippen LogP contribution in [0.5, 0.6) is 0 Å². The van der Waals surface area contributed by atoms with E-state index in [1.54, 1.807) is 0 Å². The van der Waals surface area contributed by atoms with Crippen LogP contribution in [0, 0.1) is 11.8 Å². The second kappa shape index (κ2) is 7.46. The first-order valence-corrected chi connectivity index (χ1v) is 6.54. The third kappa shape index (κ3) is 5.85. The summed E-state index contributed by atoms with van der Waals surface area (Å²) in [4.78, 5) is 2.37. The van der Waals surface area contributed by atoms with E-state index in [4.69, 9.17) is 5.73 Å². The van der Waals surface area contributed by atoms with Crippen LogP contribution in [0.2, 0.25) is 0 Å². The van der Waals surface area contributed by atoms with E-state index < -0.39 is 0 Å². The van der Waals surface area contributed by atoms with Gasteiger partial charge in [-0.3, -0.25) is 0 Å². The molecule has 0 aliphatic rings. The standard InChI is InChI=1S/C15H26N2/c1-13(2)9-15(10-16)12-17(3)11-14-7-5-4-6-8-14/h4-8,13,15H,9-12,16H2,1-3H3. The molecule has 2 nitrogen and oxygen atoms in total. The largest absolute Gasteiger partial charge is 0.330 e. The predicted molar refractivity (Wildman–Crippen MR) is 74.8 cm³/mol. The molecule has 0 heterocycles. The minimum Gasteiger partial charge on any atom is -0.330 e. The highest BCUT2D eigenvalue weighted by Gasteiger charge is 2.12. The van der Waals surface area contributed by atoms with Crippen molar-refractivity contribution in [1.82, 2.24) is 4.90 Å². The third-order valence-electron chi connectivity index (χ3n) is 3.00. The van der Waals surface area contributed by atoms with Gasteiger partial charge in [0, 0.05) is 13.1 Å². The minimum atomic E-state index is 0.615. The van der Waals surface area contributed by atoms with Gasteiger partial charge in [0.05, 0.1) is 0 Å². The summed E-state index contributed by atoms with van der Waals surface area (Å²) in [7, 11) is 2.18. The molecule has 96 valence electrons. The lowest BCUT2D eigenvalue weighted by atomic mass is 9.96. The number of benzene rings is 1. The van der Waals surface area contributed by atoms with Gasteiger partial charge in [0.1, 0.15) is 0 Å². The normalized spacial score (nSPS) is 13.3. The van der Waals surface area contributed by atoms with Gasteiger partial charge < -0.3 is 10.6 Å². The molecule has 17 heavy (non-hydrogen) atoms. The molecular weight excluding hydrogens is 208 g/mol. The summed E-state index contributed by atoms with van der Waals surface area (Å²) >= 11 is 0. The molecule has 0 aliphatic carbocycles. The second-order valence-corrected chi connectivity index (χ2v) is 5.41. The number of nitrogens with two attached hydrogens (primary N) is 1. The van der Waals surface area contributed by atoms with Crippen LogP contribution < -0.4 is 5.73 Å². The Balaban J connectivity index is 2.40. The third-order valence-corrected chi connectivity index (χ3v) is 3.00. The van der Waals surface area contributed by atoms with Crippen molar-refractivity contribution in [3.63, 3.8) is 0 Å². The van der Waals surface area contributed by atoms with Crippen LogP contribution in [-0.2, 0) is 6.54 Å². The summed E-state index contributed by atoms with van der Waals surface area (Å²) in [5.74, 6) is 1.34. The van der Waals surface area contributed by atoms with Gasteiger partial charge >= 0.3 is 0 Å². The average Bonchev–Trinajstić information content (AvgIpc) is 2.28. The maximum absolute atomic E-state index is 5.84. The van der Waals surface area contributed by atoms with E-state index in [-0.39, 0.29) is 0 Å². The highest BCUT2D eigenvalue weighted by atomic mass is 15.1. The highest BCUT2D eigenvalue weighted by molar-refractivity contribution is 5.14. The van der Waals surface area contributed by atoms with Crippen LogP contribution in [-0.4, -0.2) is 25.0 Å². The lowest BCUT2D eigenvalue weighted by molar-refractivity contribution is 0.250. The van der Waals surface area contributed by atoms with E-state index in [9.17, 15) is 0 Å². The van der Waals surface area contributed by atoms with Gasteiger partial charge in [0.2, 0.25) is 0 Å². The molecule has 0 radical (unpaired) electrons. The summed E-state index contributed by atoms with van der Waals surface area (Å²) < 4.78 is 0. The maximum Gasteiger partial charge on any atom is 0.0230 e. The first-order chi connectivity index (χ1) is 8.11. The number of hydrogen-bond donors (Lipinski definition) is 1. The van der Waals surface area contributed by atoms with Crippen LogP contribution >= 0.6 is 0 Å². The second-order valence-electron chi connectivity index (χ2n) is 5.41. The van der Waals surface area contributed by atoms with Crippen molar-refractivity contribution in [2.45, 2.75) is 26.8 Å². The van der Waals surface area contributed by atoms with Gasteiger partial charge in [-0.15, -0.1) is 0 Å². The molecule has 0 saturated heterocycles. The molecule has 1 unspecified atom stereocenters. The minimum absolute atomic E-state index is 0.615. The average molecular weight is 234 g/mol. The molecule has 1 atom stereocenters. The Hall–Kier alpha value is -0.860. The Morgan fingerprint density at radius 3 is 2.35 bits per heavy atom. The monoisotopic (exact) mass is 234 g/mol. The number of hydrogen-bond acceptors (Lipinski definition) is 2. The molecule has 1 aromatic rings. The van der Waals surface area contributed by atoms with Gasteiger partial charge in [-0.1, -0.05) is 44.2 Å². The maximum atomic E-state index is 5.84. The number of nitrogens with zero attached hydrogens (tertiary/aromatic N) is 1. The molecule has 0 spiro atoms. The molecule has 0 fully saturated rings. The molecule has 2 heteroatoms. The molecule has 0 amide bonds. The zero-order valence-electron chi connectivity index (χ0n) is 11.4. The molecule has 0 aromatic heterocycles. The molecule has 0 aliphatic heterocycles. The molecule has 1 rings (SSSR count). The van der Waals surface area contributed by atoms with E-state index >= 15 is 0 Å². The highest BCUT2D eigenvalue weighted by Crippen LogP contribution is 2.13. The fourth-order valence-corrected chi connectivity index (χ4v) is 2.31. The molecular formula is C15H26N2. The van der Waals surface area contributed by atoms with Crippen molar-refractivity contribution in [2.75, 3.05) is 20.1 Å². The summed E-state index contributed by atoms with van der Waals surface area (Å²) in [6.45, 7) is 7.41. The SMILES string of the molecule is CC(C)CC(CN)CN(C)Cc1ccccc1. The summed E-state index contributed by atoms with van der Waals surface area (Å²) in [6.07, 6.45) is 1.22. The molecule has 0 saturated carbocycles. The van der Waals surface area contributed by atoms with Crippen molar-refractivity contribution >= 4 is 0 Å². The Kier molecular flexibility index (Phi) is 6.23. The Morgan fingerprint density at radius 1 is 1.18 bits per heavy atom. The quantitative estimate of drug-likeness (QED) is 0.786. The van der Waals surface area contributed by atoms with Crippen LogP contribution in [0.25, 0.3) is 0 Å². The van der Waals surface area contributed by atoms with Crippen LogP contribution in [0.4, 0.5) is 0 Å². The zero-order chi connectivity index (χ0) is 12.7. The van der Waals surface area contributed by atoms with Gasteiger partial charge in [-0.25, -0.2) is 0 Å². The Bertz CT molecular complexity index is 295. The topological polar surface area (TPSA) is 29.3 Å². The molecule has 0 bridgehead atoms. The van der Waals surface area contributed by atoms with Gasteiger partial charge in [-0.05, 0) is 37.4 Å². The lowest BCUT2D eigenvalue weighted by Gasteiger charge is -2.24. The van der Waals surface area contributed by atoms with E-state index in [0.717, 1.165) is 25.6 Å². The van der Waals surface area contributed by atoms with E-state index in [0.29, 0.717) is 5.92 Å². The van der Waals surface area contributed by atoms with Crippen molar-refractivity contribution < 1.29 is 0 Å². The van der Waals surface area contributed by atoms with E-state index in [2.05, 4.69) is 56.1 Å². The van der Waals surface area contributed by atoms with Crippen molar-refractivity contribution in [3.8, 4) is 0 Å². The van der Waals surface area contributed by atoms with E-state index in [1.807, 2.05) is 0 Å². The van der Waals surface area contributed by atoms with Crippen molar-refractivity contribution in [2.24, 2.45) is 17.6 Å². The smallest absolute Gasteiger partial charge is 0.0230 e.